The summed E-state index contributed by atoms with van der Waals surface area (Å²) in [4.78, 5) is 20.2. The topological polar surface area (TPSA) is 46.8 Å². The SMILES string of the molecule is COCCN1C(=O)/C(=C/c2c(C)n(C)c3ccccc23)SC1=Nc1ccccc1. The van der Waals surface area contributed by atoms with E-state index in [0.29, 0.717) is 23.2 Å². The van der Waals surface area contributed by atoms with Crippen LogP contribution in [0.25, 0.3) is 17.0 Å². The second-order valence-corrected chi connectivity index (χ2v) is 7.87. The lowest BCUT2D eigenvalue weighted by Crippen LogP contribution is -2.32. The van der Waals surface area contributed by atoms with E-state index in [2.05, 4.69) is 30.7 Å². The van der Waals surface area contributed by atoms with Crippen LogP contribution in [0, 0.1) is 6.92 Å². The maximum atomic E-state index is 13.2. The van der Waals surface area contributed by atoms with Crippen molar-refractivity contribution < 1.29 is 9.53 Å². The van der Waals surface area contributed by atoms with Crippen LogP contribution in [0.15, 0.2) is 64.5 Å². The number of aromatic nitrogens is 1. The third-order valence-electron chi connectivity index (χ3n) is 5.11. The number of ether oxygens (including phenoxy) is 1. The molecule has 1 fully saturated rings. The number of aryl methyl sites for hydroxylation is 1. The Kier molecular flexibility index (Phi) is 5.56. The predicted octanol–water partition coefficient (Wildman–Crippen LogP) is 4.74. The molecule has 0 radical (unpaired) electrons. The molecule has 0 saturated carbocycles. The number of benzene rings is 2. The fourth-order valence-corrected chi connectivity index (χ4v) is 4.45. The van der Waals surface area contributed by atoms with Crippen LogP contribution in [-0.2, 0) is 16.6 Å². The summed E-state index contributed by atoms with van der Waals surface area (Å²) in [6, 6.07) is 18.0. The Hall–Kier alpha value is -2.83. The molecule has 6 heteroatoms. The molecule has 0 bridgehead atoms. The van der Waals surface area contributed by atoms with Gasteiger partial charge in [0.2, 0.25) is 0 Å². The predicted molar refractivity (Wildman–Crippen MR) is 120 cm³/mol. The minimum Gasteiger partial charge on any atom is -0.383 e. The average molecular weight is 406 g/mol. The third kappa shape index (κ3) is 3.73. The lowest BCUT2D eigenvalue weighted by atomic mass is 10.1. The molecule has 0 unspecified atom stereocenters. The highest BCUT2D eigenvalue weighted by molar-refractivity contribution is 8.18. The number of thioether (sulfide) groups is 1. The van der Waals surface area contributed by atoms with Crippen LogP contribution in [0.3, 0.4) is 0 Å². The first kappa shape index (κ1) is 19.5. The van der Waals surface area contributed by atoms with Crippen LogP contribution >= 0.6 is 11.8 Å². The van der Waals surface area contributed by atoms with Crippen molar-refractivity contribution in [2.24, 2.45) is 12.0 Å². The van der Waals surface area contributed by atoms with Crippen molar-refractivity contribution in [3.05, 3.63) is 70.8 Å². The van der Waals surface area contributed by atoms with Gasteiger partial charge in [0, 0.05) is 36.3 Å². The molecule has 3 aromatic rings. The lowest BCUT2D eigenvalue weighted by Gasteiger charge is -2.14. The van der Waals surface area contributed by atoms with Gasteiger partial charge in [0.25, 0.3) is 5.91 Å². The maximum absolute atomic E-state index is 13.2. The van der Waals surface area contributed by atoms with E-state index in [9.17, 15) is 4.79 Å². The Morgan fingerprint density at radius 1 is 1.10 bits per heavy atom. The minimum absolute atomic E-state index is 0.0333. The van der Waals surface area contributed by atoms with E-state index < -0.39 is 0 Å². The average Bonchev–Trinajstić information content (AvgIpc) is 3.16. The Balaban J connectivity index is 1.76. The Morgan fingerprint density at radius 3 is 2.59 bits per heavy atom. The molecule has 1 aliphatic rings. The molecule has 4 rings (SSSR count). The molecule has 2 heterocycles. The summed E-state index contributed by atoms with van der Waals surface area (Å²) in [7, 11) is 3.69. The second-order valence-electron chi connectivity index (χ2n) is 6.87. The molecule has 148 valence electrons. The summed E-state index contributed by atoms with van der Waals surface area (Å²) in [5.74, 6) is -0.0333. The molecule has 0 N–H and O–H groups in total. The van der Waals surface area contributed by atoms with Crippen molar-refractivity contribution in [1.29, 1.82) is 0 Å². The number of methoxy groups -OCH3 is 1. The van der Waals surface area contributed by atoms with Gasteiger partial charge < -0.3 is 9.30 Å². The lowest BCUT2D eigenvalue weighted by molar-refractivity contribution is -0.122. The van der Waals surface area contributed by atoms with E-state index in [1.807, 2.05) is 48.5 Å². The van der Waals surface area contributed by atoms with Crippen molar-refractivity contribution >= 4 is 45.5 Å². The highest BCUT2D eigenvalue weighted by Gasteiger charge is 2.33. The van der Waals surface area contributed by atoms with Crippen LogP contribution < -0.4 is 0 Å². The standard InChI is InChI=1S/C23H23N3O2S/c1-16-19(18-11-7-8-12-20(18)25(16)2)15-21-22(27)26(13-14-28-3)23(29-21)24-17-9-5-4-6-10-17/h4-12,15H,13-14H2,1-3H3/b21-15-,24-23?. The van der Waals surface area contributed by atoms with E-state index in [1.165, 1.54) is 11.8 Å². The van der Waals surface area contributed by atoms with Gasteiger partial charge >= 0.3 is 0 Å². The number of para-hydroxylation sites is 2. The van der Waals surface area contributed by atoms with Crippen molar-refractivity contribution in [3.8, 4) is 0 Å². The van der Waals surface area contributed by atoms with E-state index in [-0.39, 0.29) is 5.91 Å². The summed E-state index contributed by atoms with van der Waals surface area (Å²) >= 11 is 1.42. The number of aliphatic imine (C=N–C) groups is 1. The number of rotatable bonds is 5. The molecule has 5 nitrogen and oxygen atoms in total. The first-order chi connectivity index (χ1) is 14.1. The van der Waals surface area contributed by atoms with Gasteiger partial charge in [-0.15, -0.1) is 0 Å². The molecular formula is C23H23N3O2S. The highest BCUT2D eigenvalue weighted by Crippen LogP contribution is 2.36. The van der Waals surface area contributed by atoms with Gasteiger partial charge in [-0.05, 0) is 43.0 Å². The monoisotopic (exact) mass is 405 g/mol. The molecule has 1 aromatic heterocycles. The fourth-order valence-electron chi connectivity index (χ4n) is 3.45. The van der Waals surface area contributed by atoms with Gasteiger partial charge in [-0.3, -0.25) is 9.69 Å². The summed E-state index contributed by atoms with van der Waals surface area (Å²) in [6.07, 6.45) is 2.00. The number of amidine groups is 1. The molecular weight excluding hydrogens is 382 g/mol. The van der Waals surface area contributed by atoms with Crippen LogP contribution in [0.1, 0.15) is 11.3 Å². The Labute approximate surface area is 174 Å². The van der Waals surface area contributed by atoms with E-state index in [1.54, 1.807) is 12.0 Å². The number of carbonyl (C=O) groups is 1. The summed E-state index contributed by atoms with van der Waals surface area (Å²) < 4.78 is 7.36. The molecule has 1 saturated heterocycles. The zero-order valence-electron chi connectivity index (χ0n) is 16.8. The third-order valence-corrected chi connectivity index (χ3v) is 6.12. The van der Waals surface area contributed by atoms with Gasteiger partial charge in [-0.1, -0.05) is 36.4 Å². The fraction of sp³-hybridized carbons (Fsp3) is 0.217. The molecule has 0 atom stereocenters. The first-order valence-corrected chi connectivity index (χ1v) is 10.3. The van der Waals surface area contributed by atoms with Gasteiger partial charge in [0.05, 0.1) is 23.7 Å². The molecule has 2 aromatic carbocycles. The summed E-state index contributed by atoms with van der Waals surface area (Å²) in [6.45, 7) is 3.01. The smallest absolute Gasteiger partial charge is 0.266 e. The van der Waals surface area contributed by atoms with Gasteiger partial charge in [0.1, 0.15) is 0 Å². The van der Waals surface area contributed by atoms with Crippen molar-refractivity contribution in [1.82, 2.24) is 9.47 Å². The largest absolute Gasteiger partial charge is 0.383 e. The normalized spacial score (nSPS) is 17.2. The molecule has 1 amide bonds. The van der Waals surface area contributed by atoms with Crippen LogP contribution in [0.2, 0.25) is 0 Å². The first-order valence-electron chi connectivity index (χ1n) is 9.48. The number of hydrogen-bond acceptors (Lipinski definition) is 4. The molecule has 1 aliphatic heterocycles. The van der Waals surface area contributed by atoms with Gasteiger partial charge in [-0.25, -0.2) is 4.99 Å². The quantitative estimate of drug-likeness (QED) is 0.576. The second kappa shape index (κ2) is 8.27. The Morgan fingerprint density at radius 2 is 1.83 bits per heavy atom. The van der Waals surface area contributed by atoms with E-state index in [0.717, 1.165) is 27.8 Å². The van der Waals surface area contributed by atoms with Gasteiger partial charge in [0.15, 0.2) is 5.17 Å². The summed E-state index contributed by atoms with van der Waals surface area (Å²) in [5.41, 5.74) is 4.19. The van der Waals surface area contributed by atoms with E-state index >= 15 is 0 Å². The van der Waals surface area contributed by atoms with Crippen LogP contribution in [-0.4, -0.2) is 40.8 Å². The Bertz CT molecular complexity index is 1120. The van der Waals surface area contributed by atoms with Crippen molar-refractivity contribution in [3.63, 3.8) is 0 Å². The minimum atomic E-state index is -0.0333. The number of nitrogens with zero attached hydrogens (tertiary/aromatic N) is 3. The van der Waals surface area contributed by atoms with Crippen molar-refractivity contribution in [2.45, 2.75) is 6.92 Å². The van der Waals surface area contributed by atoms with E-state index in [4.69, 9.17) is 9.73 Å². The number of fused-ring (bicyclic) bond motifs is 1. The maximum Gasteiger partial charge on any atom is 0.266 e. The highest BCUT2D eigenvalue weighted by atomic mass is 32.2. The zero-order valence-corrected chi connectivity index (χ0v) is 17.6. The number of hydrogen-bond donors (Lipinski definition) is 0. The number of carbonyl (C=O) groups excluding carboxylic acids is 1. The summed E-state index contributed by atoms with van der Waals surface area (Å²) in [5, 5.41) is 1.83. The zero-order chi connectivity index (χ0) is 20.4. The van der Waals surface area contributed by atoms with Crippen molar-refractivity contribution in [2.75, 3.05) is 20.3 Å². The van der Waals surface area contributed by atoms with Gasteiger partial charge in [-0.2, -0.15) is 0 Å². The molecule has 29 heavy (non-hydrogen) atoms. The molecule has 0 spiro atoms. The number of amides is 1. The van der Waals surface area contributed by atoms with Crippen LogP contribution in [0.5, 0.6) is 0 Å². The molecule has 0 aliphatic carbocycles. The van der Waals surface area contributed by atoms with Crippen LogP contribution in [0.4, 0.5) is 5.69 Å².